The van der Waals surface area contributed by atoms with Crippen LogP contribution in [0.4, 0.5) is 3.89 Å². The fourth-order valence-corrected chi connectivity index (χ4v) is 2.64. The zero-order chi connectivity index (χ0) is 13.3. The van der Waals surface area contributed by atoms with E-state index in [0.717, 1.165) is 5.69 Å². The fourth-order valence-electron chi connectivity index (χ4n) is 1.88. The highest BCUT2D eigenvalue weighted by molar-refractivity contribution is 7.85. The number of hydrogen-bond donors (Lipinski definition) is 0. The first kappa shape index (κ1) is 12.8. The predicted molar refractivity (Wildman–Crippen MR) is 66.8 cm³/mol. The number of halogens is 1. The van der Waals surface area contributed by atoms with Crippen molar-refractivity contribution in [2.75, 3.05) is 0 Å². The van der Waals surface area contributed by atoms with Crippen LogP contribution in [0.1, 0.15) is 17.0 Å². The summed E-state index contributed by atoms with van der Waals surface area (Å²) < 4.78 is 35.9. The first-order valence-corrected chi connectivity index (χ1v) is 6.96. The lowest BCUT2D eigenvalue weighted by molar-refractivity contribution is 0.550. The standard InChI is InChI=1S/C12H13FN2O2S/c1-9-12(8-18(13,16)17)10(2)15(14-9)11-6-4-3-5-7-11/h3-7H,8H2,1-2H3. The summed E-state index contributed by atoms with van der Waals surface area (Å²) in [5.41, 5.74) is 2.40. The largest absolute Gasteiger partial charge is 0.306 e. The highest BCUT2D eigenvalue weighted by atomic mass is 32.3. The number of nitrogens with zero attached hydrogens (tertiary/aromatic N) is 2. The summed E-state index contributed by atoms with van der Waals surface area (Å²) >= 11 is 0. The number of benzene rings is 1. The van der Waals surface area contributed by atoms with E-state index in [4.69, 9.17) is 0 Å². The van der Waals surface area contributed by atoms with Gasteiger partial charge in [-0.25, -0.2) is 4.68 Å². The van der Waals surface area contributed by atoms with Crippen LogP contribution in [-0.2, 0) is 16.0 Å². The van der Waals surface area contributed by atoms with Gasteiger partial charge < -0.3 is 0 Å². The number of aromatic nitrogens is 2. The van der Waals surface area contributed by atoms with Crippen molar-refractivity contribution in [2.45, 2.75) is 19.6 Å². The Morgan fingerprint density at radius 2 is 1.83 bits per heavy atom. The average Bonchev–Trinajstić information content (AvgIpc) is 2.56. The Morgan fingerprint density at radius 1 is 1.22 bits per heavy atom. The molecular formula is C12H13FN2O2S. The molecule has 4 nitrogen and oxygen atoms in total. The average molecular weight is 268 g/mol. The molecule has 0 spiro atoms. The summed E-state index contributed by atoms with van der Waals surface area (Å²) in [4.78, 5) is 0. The number of hydrogen-bond acceptors (Lipinski definition) is 3. The van der Waals surface area contributed by atoms with Gasteiger partial charge in [0, 0.05) is 11.3 Å². The fraction of sp³-hybridized carbons (Fsp3) is 0.250. The maximum absolute atomic E-state index is 12.8. The number of para-hydroxylation sites is 1. The Labute approximate surface area is 105 Å². The second-order valence-corrected chi connectivity index (χ2v) is 5.45. The molecule has 0 N–H and O–H groups in total. The van der Waals surface area contributed by atoms with E-state index in [-0.39, 0.29) is 0 Å². The van der Waals surface area contributed by atoms with Crippen molar-refractivity contribution in [1.82, 2.24) is 9.78 Å². The molecule has 18 heavy (non-hydrogen) atoms. The first-order valence-electron chi connectivity index (χ1n) is 5.41. The van der Waals surface area contributed by atoms with E-state index in [1.54, 1.807) is 18.5 Å². The molecule has 0 aliphatic heterocycles. The lowest BCUT2D eigenvalue weighted by Gasteiger charge is -2.04. The van der Waals surface area contributed by atoms with E-state index < -0.39 is 16.0 Å². The Bertz CT molecular complexity index is 663. The Balaban J connectivity index is 2.51. The molecule has 0 saturated heterocycles. The van der Waals surface area contributed by atoms with Gasteiger partial charge in [0.25, 0.3) is 0 Å². The van der Waals surface area contributed by atoms with Crippen molar-refractivity contribution in [1.29, 1.82) is 0 Å². The molecule has 0 amide bonds. The highest BCUT2D eigenvalue weighted by Crippen LogP contribution is 2.20. The minimum Gasteiger partial charge on any atom is -0.238 e. The van der Waals surface area contributed by atoms with Crippen molar-refractivity contribution in [3.8, 4) is 5.69 Å². The van der Waals surface area contributed by atoms with Gasteiger partial charge in [0.05, 0.1) is 11.4 Å². The molecule has 0 saturated carbocycles. The van der Waals surface area contributed by atoms with Gasteiger partial charge in [0.1, 0.15) is 5.75 Å². The van der Waals surface area contributed by atoms with Crippen LogP contribution in [-0.4, -0.2) is 18.2 Å². The van der Waals surface area contributed by atoms with Crippen LogP contribution in [0.3, 0.4) is 0 Å². The van der Waals surface area contributed by atoms with Gasteiger partial charge >= 0.3 is 10.2 Å². The molecule has 0 atom stereocenters. The zero-order valence-corrected chi connectivity index (χ0v) is 10.9. The molecule has 1 aromatic heterocycles. The third kappa shape index (κ3) is 2.59. The van der Waals surface area contributed by atoms with Gasteiger partial charge in [0.2, 0.25) is 0 Å². The van der Waals surface area contributed by atoms with Crippen LogP contribution in [0.5, 0.6) is 0 Å². The van der Waals surface area contributed by atoms with Crippen molar-refractivity contribution in [2.24, 2.45) is 0 Å². The van der Waals surface area contributed by atoms with Crippen LogP contribution >= 0.6 is 0 Å². The van der Waals surface area contributed by atoms with E-state index in [2.05, 4.69) is 5.10 Å². The first-order chi connectivity index (χ1) is 8.38. The molecule has 2 aromatic rings. The third-order valence-corrected chi connectivity index (χ3v) is 3.39. The van der Waals surface area contributed by atoms with Crippen LogP contribution in [0, 0.1) is 13.8 Å². The Kier molecular flexibility index (Phi) is 3.21. The third-order valence-electron chi connectivity index (χ3n) is 2.76. The monoisotopic (exact) mass is 268 g/mol. The maximum atomic E-state index is 12.8. The van der Waals surface area contributed by atoms with Crippen LogP contribution in [0.2, 0.25) is 0 Å². The molecule has 1 heterocycles. The predicted octanol–water partition coefficient (Wildman–Crippen LogP) is 2.29. The van der Waals surface area contributed by atoms with Crippen LogP contribution in [0.25, 0.3) is 5.69 Å². The molecule has 0 aliphatic carbocycles. The molecular weight excluding hydrogens is 255 g/mol. The summed E-state index contributed by atoms with van der Waals surface area (Å²) in [7, 11) is -4.54. The summed E-state index contributed by atoms with van der Waals surface area (Å²) in [5.74, 6) is -0.627. The Morgan fingerprint density at radius 3 is 2.39 bits per heavy atom. The van der Waals surface area contributed by atoms with Gasteiger partial charge in [-0.2, -0.15) is 13.5 Å². The maximum Gasteiger partial charge on any atom is 0.306 e. The van der Waals surface area contributed by atoms with Gasteiger partial charge in [0.15, 0.2) is 0 Å². The van der Waals surface area contributed by atoms with Gasteiger partial charge in [-0.05, 0) is 26.0 Å². The molecule has 6 heteroatoms. The highest BCUT2D eigenvalue weighted by Gasteiger charge is 2.18. The normalized spacial score (nSPS) is 11.7. The zero-order valence-electron chi connectivity index (χ0n) is 10.1. The summed E-state index contributed by atoms with van der Waals surface area (Å²) in [6, 6.07) is 9.30. The molecule has 0 bridgehead atoms. The molecule has 1 aromatic carbocycles. The summed E-state index contributed by atoms with van der Waals surface area (Å²) in [6.45, 7) is 3.40. The van der Waals surface area contributed by atoms with Crippen LogP contribution < -0.4 is 0 Å². The molecule has 0 fully saturated rings. The van der Waals surface area contributed by atoms with E-state index in [1.807, 2.05) is 30.3 Å². The topological polar surface area (TPSA) is 52.0 Å². The van der Waals surface area contributed by atoms with Crippen molar-refractivity contribution < 1.29 is 12.3 Å². The minimum absolute atomic E-state index is 0.418. The number of aryl methyl sites for hydroxylation is 1. The quantitative estimate of drug-likeness (QED) is 0.802. The summed E-state index contributed by atoms with van der Waals surface area (Å²) in [6.07, 6.45) is 0. The lowest BCUT2D eigenvalue weighted by atomic mass is 10.2. The van der Waals surface area contributed by atoms with Crippen molar-refractivity contribution in [3.63, 3.8) is 0 Å². The molecule has 0 unspecified atom stereocenters. The van der Waals surface area contributed by atoms with E-state index in [1.165, 1.54) is 0 Å². The van der Waals surface area contributed by atoms with Gasteiger partial charge in [-0.1, -0.05) is 18.2 Å². The van der Waals surface area contributed by atoms with Crippen LogP contribution in [0.15, 0.2) is 30.3 Å². The molecule has 96 valence electrons. The number of rotatable bonds is 3. The van der Waals surface area contributed by atoms with E-state index in [9.17, 15) is 12.3 Å². The molecule has 0 aliphatic rings. The summed E-state index contributed by atoms with van der Waals surface area (Å²) in [5, 5.41) is 4.25. The van der Waals surface area contributed by atoms with Gasteiger partial charge in [-0.3, -0.25) is 0 Å². The molecule has 2 rings (SSSR count). The minimum atomic E-state index is -4.54. The van der Waals surface area contributed by atoms with Crippen molar-refractivity contribution in [3.05, 3.63) is 47.3 Å². The second kappa shape index (κ2) is 4.53. The second-order valence-electron chi connectivity index (χ2n) is 4.08. The smallest absolute Gasteiger partial charge is 0.238 e. The van der Waals surface area contributed by atoms with Crippen molar-refractivity contribution >= 4 is 10.2 Å². The van der Waals surface area contributed by atoms with E-state index in [0.29, 0.717) is 17.0 Å². The Hall–Kier alpha value is -1.69. The molecule has 0 radical (unpaired) electrons. The van der Waals surface area contributed by atoms with E-state index >= 15 is 0 Å². The lowest BCUT2D eigenvalue weighted by Crippen LogP contribution is -2.01. The van der Waals surface area contributed by atoms with Gasteiger partial charge in [-0.15, -0.1) is 3.89 Å². The SMILES string of the molecule is Cc1nn(-c2ccccc2)c(C)c1CS(=O)(=O)F.